The minimum absolute atomic E-state index is 0.442. The van der Waals surface area contributed by atoms with Crippen LogP contribution in [0.1, 0.15) is 0 Å². The molecule has 1 N–H and O–H groups in total. The Kier molecular flexibility index (Phi) is 3.23. The molecule has 0 aromatic heterocycles. The van der Waals surface area contributed by atoms with Crippen LogP contribution in [0.4, 0.5) is 16.2 Å². The number of nitrogens with zero attached hydrogens (tertiary/aromatic N) is 2. The molecule has 74 valence electrons. The fourth-order valence-electron chi connectivity index (χ4n) is 1.01. The first kappa shape index (κ1) is 10.2. The Morgan fingerprint density at radius 3 is 2.36 bits per heavy atom. The molecule has 4 heteroatoms. The van der Waals surface area contributed by atoms with Gasteiger partial charge in [0.15, 0.2) is 0 Å². The normalized spacial score (nSPS) is 9.29. The summed E-state index contributed by atoms with van der Waals surface area (Å²) >= 11 is 0. The Labute approximate surface area is 83.3 Å². The summed E-state index contributed by atoms with van der Waals surface area (Å²) in [5.41, 5.74) is 1.79. The molecule has 0 aliphatic carbocycles. The van der Waals surface area contributed by atoms with E-state index in [0.717, 1.165) is 5.69 Å². The van der Waals surface area contributed by atoms with Gasteiger partial charge in [0.2, 0.25) is 0 Å². The Morgan fingerprint density at radius 1 is 1.36 bits per heavy atom. The van der Waals surface area contributed by atoms with Crippen LogP contribution in [0.3, 0.4) is 0 Å². The first-order valence-corrected chi connectivity index (χ1v) is 4.18. The van der Waals surface area contributed by atoms with Crippen LogP contribution in [0.25, 0.3) is 0 Å². The number of aliphatic imine (C=N–C) groups is 1. The summed E-state index contributed by atoms with van der Waals surface area (Å²) in [5.74, 6) is 0. The van der Waals surface area contributed by atoms with Crippen molar-refractivity contribution in [1.82, 2.24) is 0 Å². The largest absolute Gasteiger partial charge is 0.378 e. The third-order valence-electron chi connectivity index (χ3n) is 1.78. The number of hydrogen-bond donors (Lipinski definition) is 1. The minimum atomic E-state index is -0.442. The number of rotatable bonds is 2. The maximum Gasteiger partial charge on any atom is 0.344 e. The highest BCUT2D eigenvalue weighted by atomic mass is 16.2. The zero-order valence-corrected chi connectivity index (χ0v) is 8.32. The average molecular weight is 191 g/mol. The molecule has 1 rings (SSSR count). The molecular formula is C10H13N3O. The Balaban J connectivity index is 2.73. The molecule has 14 heavy (non-hydrogen) atoms. The molecule has 0 unspecified atom stereocenters. The van der Waals surface area contributed by atoms with Crippen molar-refractivity contribution in [2.24, 2.45) is 4.99 Å². The van der Waals surface area contributed by atoms with Gasteiger partial charge < -0.3 is 10.2 Å². The van der Waals surface area contributed by atoms with E-state index in [1.54, 1.807) is 0 Å². The van der Waals surface area contributed by atoms with E-state index in [4.69, 9.17) is 0 Å². The number of amides is 2. The summed E-state index contributed by atoms with van der Waals surface area (Å²) in [5, 5.41) is 2.57. The van der Waals surface area contributed by atoms with Gasteiger partial charge >= 0.3 is 6.03 Å². The van der Waals surface area contributed by atoms with Crippen LogP contribution in [-0.4, -0.2) is 26.8 Å². The van der Waals surface area contributed by atoms with E-state index < -0.39 is 6.03 Å². The average Bonchev–Trinajstić information content (AvgIpc) is 2.18. The highest BCUT2D eigenvalue weighted by molar-refractivity contribution is 5.92. The van der Waals surface area contributed by atoms with Crippen molar-refractivity contribution in [3.8, 4) is 0 Å². The number of carbonyl (C=O) groups excluding carboxylic acids is 1. The number of benzene rings is 1. The van der Waals surface area contributed by atoms with Crippen LogP contribution in [0.5, 0.6) is 0 Å². The van der Waals surface area contributed by atoms with E-state index >= 15 is 0 Å². The molecule has 0 radical (unpaired) electrons. The van der Waals surface area contributed by atoms with Crippen LogP contribution in [0.15, 0.2) is 29.3 Å². The molecule has 0 bridgehead atoms. The molecule has 0 saturated heterocycles. The quantitative estimate of drug-likeness (QED) is 0.726. The van der Waals surface area contributed by atoms with E-state index in [1.807, 2.05) is 43.3 Å². The lowest BCUT2D eigenvalue weighted by molar-refractivity contribution is 0.260. The van der Waals surface area contributed by atoms with Crippen LogP contribution < -0.4 is 10.2 Å². The van der Waals surface area contributed by atoms with Gasteiger partial charge in [-0.1, -0.05) is 0 Å². The van der Waals surface area contributed by atoms with Crippen molar-refractivity contribution in [1.29, 1.82) is 0 Å². The number of carbonyl (C=O) groups is 1. The standard InChI is InChI=1S/C10H13N3O/c1-11-10(14)12-8-4-6-9(7-5-8)13(2)3/h4-7H,1H2,2-3H3,(H,12,14). The molecule has 0 atom stereocenters. The van der Waals surface area contributed by atoms with Crippen molar-refractivity contribution in [3.05, 3.63) is 24.3 Å². The fraction of sp³-hybridized carbons (Fsp3) is 0.200. The van der Waals surface area contributed by atoms with Gasteiger partial charge in [-0.15, -0.1) is 0 Å². The molecular weight excluding hydrogens is 178 g/mol. The van der Waals surface area contributed by atoms with Crippen molar-refractivity contribution >= 4 is 24.1 Å². The molecule has 2 amide bonds. The van der Waals surface area contributed by atoms with Gasteiger partial charge in [0, 0.05) is 25.5 Å². The first-order valence-electron chi connectivity index (χ1n) is 4.18. The monoisotopic (exact) mass is 191 g/mol. The lowest BCUT2D eigenvalue weighted by Crippen LogP contribution is -2.09. The first-order chi connectivity index (χ1) is 6.63. The number of hydrogen-bond acceptors (Lipinski definition) is 2. The molecule has 0 spiro atoms. The molecule has 0 heterocycles. The predicted molar refractivity (Wildman–Crippen MR) is 59.3 cm³/mol. The fourth-order valence-corrected chi connectivity index (χ4v) is 1.01. The zero-order chi connectivity index (χ0) is 10.6. The van der Waals surface area contributed by atoms with Gasteiger partial charge in [-0.05, 0) is 31.0 Å². The van der Waals surface area contributed by atoms with Gasteiger partial charge in [-0.3, -0.25) is 0 Å². The topological polar surface area (TPSA) is 44.7 Å². The van der Waals surface area contributed by atoms with Crippen LogP contribution >= 0.6 is 0 Å². The van der Waals surface area contributed by atoms with Crippen molar-refractivity contribution in [3.63, 3.8) is 0 Å². The molecule has 1 aromatic carbocycles. The van der Waals surface area contributed by atoms with E-state index in [0.29, 0.717) is 5.69 Å². The molecule has 0 aliphatic heterocycles. The Morgan fingerprint density at radius 2 is 1.93 bits per heavy atom. The van der Waals surface area contributed by atoms with Crippen molar-refractivity contribution in [2.45, 2.75) is 0 Å². The number of urea groups is 1. The van der Waals surface area contributed by atoms with Crippen molar-refractivity contribution < 1.29 is 4.79 Å². The number of anilines is 2. The number of nitrogens with one attached hydrogen (secondary N) is 1. The molecule has 1 aromatic rings. The van der Waals surface area contributed by atoms with Gasteiger partial charge in [0.05, 0.1) is 0 Å². The summed E-state index contributed by atoms with van der Waals surface area (Å²) < 4.78 is 0. The third-order valence-corrected chi connectivity index (χ3v) is 1.78. The van der Waals surface area contributed by atoms with Crippen LogP contribution in [0.2, 0.25) is 0 Å². The smallest absolute Gasteiger partial charge is 0.344 e. The van der Waals surface area contributed by atoms with Crippen molar-refractivity contribution in [2.75, 3.05) is 24.3 Å². The van der Waals surface area contributed by atoms with Gasteiger partial charge in [0.1, 0.15) is 0 Å². The Hall–Kier alpha value is -1.84. The van der Waals surface area contributed by atoms with Gasteiger partial charge in [-0.25, -0.2) is 9.79 Å². The highest BCUT2D eigenvalue weighted by Crippen LogP contribution is 2.15. The maximum atomic E-state index is 10.8. The lowest BCUT2D eigenvalue weighted by atomic mass is 10.2. The summed E-state index contributed by atoms with van der Waals surface area (Å²) in [6, 6.07) is 7.02. The zero-order valence-electron chi connectivity index (χ0n) is 8.32. The second-order valence-electron chi connectivity index (χ2n) is 3.03. The van der Waals surface area contributed by atoms with Gasteiger partial charge in [0.25, 0.3) is 0 Å². The molecule has 4 nitrogen and oxygen atoms in total. The second kappa shape index (κ2) is 4.41. The molecule has 0 aliphatic rings. The SMILES string of the molecule is C=NC(=O)Nc1ccc(N(C)C)cc1. The minimum Gasteiger partial charge on any atom is -0.378 e. The van der Waals surface area contributed by atoms with E-state index in [2.05, 4.69) is 17.0 Å². The summed E-state index contributed by atoms with van der Waals surface area (Å²) in [4.78, 5) is 16.1. The maximum absolute atomic E-state index is 10.8. The van der Waals surface area contributed by atoms with Crippen LogP contribution in [0, 0.1) is 0 Å². The Bertz CT molecular complexity index is 330. The van der Waals surface area contributed by atoms with Crippen LogP contribution in [-0.2, 0) is 0 Å². The van der Waals surface area contributed by atoms with E-state index in [1.165, 1.54) is 0 Å². The summed E-state index contributed by atoms with van der Waals surface area (Å²) in [6.07, 6.45) is 0. The van der Waals surface area contributed by atoms with E-state index in [9.17, 15) is 4.79 Å². The molecule has 0 saturated carbocycles. The predicted octanol–water partition coefficient (Wildman–Crippen LogP) is 1.99. The summed E-state index contributed by atoms with van der Waals surface area (Å²) in [7, 11) is 3.91. The third kappa shape index (κ3) is 2.58. The van der Waals surface area contributed by atoms with Gasteiger partial charge in [-0.2, -0.15) is 0 Å². The summed E-state index contributed by atoms with van der Waals surface area (Å²) in [6.45, 7) is 3.13. The van der Waals surface area contributed by atoms with E-state index in [-0.39, 0.29) is 0 Å². The highest BCUT2D eigenvalue weighted by Gasteiger charge is 1.98. The molecule has 0 fully saturated rings. The lowest BCUT2D eigenvalue weighted by Gasteiger charge is -2.12. The second-order valence-corrected chi connectivity index (χ2v) is 3.03.